The molecule has 1 aliphatic heterocycles. The first-order valence-electron chi connectivity index (χ1n) is 7.49. The molecule has 3 unspecified atom stereocenters. The summed E-state index contributed by atoms with van der Waals surface area (Å²) in [5, 5.41) is 12.9. The van der Waals surface area contributed by atoms with Gasteiger partial charge in [-0.1, -0.05) is 19.9 Å². The van der Waals surface area contributed by atoms with Gasteiger partial charge in [0, 0.05) is 23.8 Å². The van der Waals surface area contributed by atoms with Crippen molar-refractivity contribution in [2.24, 2.45) is 5.92 Å². The van der Waals surface area contributed by atoms with Gasteiger partial charge >= 0.3 is 0 Å². The van der Waals surface area contributed by atoms with E-state index in [1.54, 1.807) is 6.07 Å². The fourth-order valence-electron chi connectivity index (χ4n) is 3.20. The van der Waals surface area contributed by atoms with E-state index in [0.29, 0.717) is 11.5 Å². The molecular weight excluding hydrogens is 255 g/mol. The molecule has 0 amide bonds. The van der Waals surface area contributed by atoms with Crippen LogP contribution in [0, 0.1) is 11.7 Å². The molecule has 3 nitrogen and oxygen atoms in total. The Morgan fingerprint density at radius 2 is 2.25 bits per heavy atom. The number of anilines is 1. The molecule has 2 rings (SSSR count). The lowest BCUT2D eigenvalue weighted by molar-refractivity contribution is 0.244. The first-order chi connectivity index (χ1) is 9.60. The van der Waals surface area contributed by atoms with Gasteiger partial charge in [0.25, 0.3) is 0 Å². The summed E-state index contributed by atoms with van der Waals surface area (Å²) in [5.41, 5.74) is 1.63. The zero-order chi connectivity index (χ0) is 14.7. The van der Waals surface area contributed by atoms with Crippen molar-refractivity contribution in [3.63, 3.8) is 0 Å². The van der Waals surface area contributed by atoms with E-state index in [0.717, 1.165) is 25.2 Å². The van der Waals surface area contributed by atoms with E-state index >= 15 is 0 Å². The molecule has 0 saturated carbocycles. The summed E-state index contributed by atoms with van der Waals surface area (Å²) in [6.45, 7) is 7.95. The quantitative estimate of drug-likeness (QED) is 0.870. The maximum absolute atomic E-state index is 14.3. The molecule has 0 bridgehead atoms. The number of halogens is 1. The van der Waals surface area contributed by atoms with Crippen molar-refractivity contribution in [3.8, 4) is 0 Å². The highest BCUT2D eigenvalue weighted by atomic mass is 19.1. The molecule has 0 aromatic heterocycles. The number of nitrogens with one attached hydrogen (secondary N) is 1. The van der Waals surface area contributed by atoms with Crippen molar-refractivity contribution in [3.05, 3.63) is 29.6 Å². The SMILES string of the molecule is CCNC(C)c1c(F)cccc1N1CCC(C)C1CO. The average Bonchev–Trinajstić information content (AvgIpc) is 2.79. The molecule has 4 heteroatoms. The Labute approximate surface area is 120 Å². The van der Waals surface area contributed by atoms with E-state index in [-0.39, 0.29) is 24.5 Å². The molecule has 0 aliphatic carbocycles. The topological polar surface area (TPSA) is 35.5 Å². The van der Waals surface area contributed by atoms with E-state index < -0.39 is 0 Å². The minimum atomic E-state index is -0.174. The zero-order valence-electron chi connectivity index (χ0n) is 12.6. The maximum Gasteiger partial charge on any atom is 0.130 e. The molecule has 1 fully saturated rings. The van der Waals surface area contributed by atoms with Gasteiger partial charge in [-0.3, -0.25) is 0 Å². The van der Waals surface area contributed by atoms with Crippen molar-refractivity contribution in [2.45, 2.75) is 39.3 Å². The lowest BCUT2D eigenvalue weighted by Crippen LogP contribution is -2.36. The minimum Gasteiger partial charge on any atom is -0.394 e. The van der Waals surface area contributed by atoms with Gasteiger partial charge in [-0.15, -0.1) is 0 Å². The molecule has 1 aliphatic rings. The number of hydrogen-bond donors (Lipinski definition) is 2. The van der Waals surface area contributed by atoms with Crippen molar-refractivity contribution in [1.29, 1.82) is 0 Å². The van der Waals surface area contributed by atoms with Crippen molar-refractivity contribution < 1.29 is 9.50 Å². The van der Waals surface area contributed by atoms with E-state index in [1.165, 1.54) is 6.07 Å². The van der Waals surface area contributed by atoms with Gasteiger partial charge in [-0.25, -0.2) is 4.39 Å². The Balaban J connectivity index is 2.38. The molecule has 1 heterocycles. The molecular formula is C16H25FN2O. The Morgan fingerprint density at radius 3 is 2.90 bits per heavy atom. The number of benzene rings is 1. The number of hydrogen-bond acceptors (Lipinski definition) is 3. The minimum absolute atomic E-state index is 0.0357. The van der Waals surface area contributed by atoms with Crippen LogP contribution in [0.4, 0.5) is 10.1 Å². The number of aliphatic hydroxyl groups is 1. The number of rotatable bonds is 5. The van der Waals surface area contributed by atoms with Crippen LogP contribution in [0.2, 0.25) is 0 Å². The molecule has 1 saturated heterocycles. The summed E-state index contributed by atoms with van der Waals surface area (Å²) in [5.74, 6) is 0.262. The first kappa shape index (κ1) is 15.3. The summed E-state index contributed by atoms with van der Waals surface area (Å²) >= 11 is 0. The standard InChI is InChI=1S/C16H25FN2O/c1-4-18-12(3)16-13(17)6-5-7-14(16)19-9-8-11(2)15(19)10-20/h5-7,11-12,15,18,20H,4,8-10H2,1-3H3. The molecule has 0 radical (unpaired) electrons. The molecule has 112 valence electrons. The Morgan fingerprint density at radius 1 is 1.50 bits per heavy atom. The lowest BCUT2D eigenvalue weighted by atomic mass is 10.0. The van der Waals surface area contributed by atoms with Gasteiger partial charge in [0.15, 0.2) is 0 Å². The molecule has 20 heavy (non-hydrogen) atoms. The first-order valence-corrected chi connectivity index (χ1v) is 7.49. The largest absolute Gasteiger partial charge is 0.394 e. The van der Waals surface area contributed by atoms with Crippen molar-refractivity contribution in [2.75, 3.05) is 24.6 Å². The predicted molar refractivity (Wildman–Crippen MR) is 80.5 cm³/mol. The normalized spacial score (nSPS) is 24.1. The highest BCUT2D eigenvalue weighted by Crippen LogP contribution is 2.35. The second-order valence-electron chi connectivity index (χ2n) is 5.66. The van der Waals surface area contributed by atoms with Gasteiger partial charge in [0.2, 0.25) is 0 Å². The highest BCUT2D eigenvalue weighted by Gasteiger charge is 2.33. The third-order valence-electron chi connectivity index (χ3n) is 4.35. The second kappa shape index (κ2) is 6.55. The van der Waals surface area contributed by atoms with Crippen LogP contribution in [0.3, 0.4) is 0 Å². The number of aliphatic hydroxyl groups excluding tert-OH is 1. The Hall–Kier alpha value is -1.13. The molecule has 3 atom stereocenters. The van der Waals surface area contributed by atoms with Gasteiger partial charge in [0.05, 0.1) is 12.6 Å². The van der Waals surface area contributed by atoms with Crippen LogP contribution in [0.25, 0.3) is 0 Å². The summed E-state index contributed by atoms with van der Waals surface area (Å²) in [7, 11) is 0. The smallest absolute Gasteiger partial charge is 0.130 e. The van der Waals surface area contributed by atoms with E-state index in [1.807, 2.05) is 19.9 Å². The highest BCUT2D eigenvalue weighted by molar-refractivity contribution is 5.57. The molecule has 1 aromatic rings. The van der Waals surface area contributed by atoms with Crippen molar-refractivity contribution >= 4 is 5.69 Å². The molecule has 0 spiro atoms. The van der Waals surface area contributed by atoms with Crippen LogP contribution in [-0.4, -0.2) is 30.8 Å². The lowest BCUT2D eigenvalue weighted by Gasteiger charge is -2.31. The van der Waals surface area contributed by atoms with E-state index in [9.17, 15) is 9.50 Å². The second-order valence-corrected chi connectivity index (χ2v) is 5.66. The van der Waals surface area contributed by atoms with Gasteiger partial charge in [-0.05, 0) is 37.9 Å². The molecule has 1 aromatic carbocycles. The maximum atomic E-state index is 14.3. The average molecular weight is 280 g/mol. The van der Waals surface area contributed by atoms with Crippen LogP contribution in [0.15, 0.2) is 18.2 Å². The van der Waals surface area contributed by atoms with Crippen molar-refractivity contribution in [1.82, 2.24) is 5.32 Å². The summed E-state index contributed by atoms with van der Waals surface area (Å²) < 4.78 is 14.3. The fourth-order valence-corrected chi connectivity index (χ4v) is 3.20. The summed E-state index contributed by atoms with van der Waals surface area (Å²) in [6, 6.07) is 5.29. The zero-order valence-corrected chi connectivity index (χ0v) is 12.6. The van der Waals surface area contributed by atoms with Crippen LogP contribution in [0.5, 0.6) is 0 Å². The predicted octanol–water partition coefficient (Wildman–Crippen LogP) is 2.70. The number of nitrogens with zero attached hydrogens (tertiary/aromatic N) is 1. The monoisotopic (exact) mass is 280 g/mol. The van der Waals surface area contributed by atoms with E-state index in [2.05, 4.69) is 17.1 Å². The van der Waals surface area contributed by atoms with E-state index in [4.69, 9.17) is 0 Å². The van der Waals surface area contributed by atoms with Gasteiger partial charge in [-0.2, -0.15) is 0 Å². The summed E-state index contributed by atoms with van der Waals surface area (Å²) in [6.07, 6.45) is 1.04. The Kier molecular flexibility index (Phi) is 5.00. The van der Waals surface area contributed by atoms with Crippen LogP contribution in [-0.2, 0) is 0 Å². The fraction of sp³-hybridized carbons (Fsp3) is 0.625. The summed E-state index contributed by atoms with van der Waals surface area (Å²) in [4.78, 5) is 2.16. The molecule has 2 N–H and O–H groups in total. The van der Waals surface area contributed by atoms with Gasteiger partial charge < -0.3 is 15.3 Å². The third kappa shape index (κ3) is 2.81. The van der Waals surface area contributed by atoms with Crippen LogP contribution in [0.1, 0.15) is 38.8 Å². The Bertz CT molecular complexity index is 452. The van der Waals surface area contributed by atoms with Crippen LogP contribution >= 0.6 is 0 Å². The third-order valence-corrected chi connectivity index (χ3v) is 4.35. The van der Waals surface area contributed by atoms with Gasteiger partial charge in [0.1, 0.15) is 5.82 Å². The van der Waals surface area contributed by atoms with Crippen LogP contribution < -0.4 is 10.2 Å².